The number of methoxy groups -OCH3 is 1. The zero-order valence-corrected chi connectivity index (χ0v) is 10.8. The van der Waals surface area contributed by atoms with Crippen LogP contribution in [0.1, 0.15) is 6.42 Å². The quantitative estimate of drug-likeness (QED) is 0.691. The lowest BCUT2D eigenvalue weighted by atomic mass is 10.3. The molecule has 0 saturated carbocycles. The first-order valence-corrected chi connectivity index (χ1v) is 5.80. The molecule has 1 rings (SSSR count). The lowest BCUT2D eigenvalue weighted by Gasteiger charge is -2.34. The zero-order valence-electron chi connectivity index (χ0n) is 10.8. The number of rotatable bonds is 3. The number of carbonyl (C=O) groups excluding carboxylic acids is 2. The van der Waals surface area contributed by atoms with Gasteiger partial charge in [-0.1, -0.05) is 0 Å². The van der Waals surface area contributed by atoms with Crippen molar-refractivity contribution in [1.82, 2.24) is 14.7 Å². The molecule has 17 heavy (non-hydrogen) atoms. The standard InChI is InChI=1S/C11H21N3O3/c1-12(2)5-4-10(15)13-6-8-14(9-7-13)11(16)17-3/h4-9H2,1-3H3. The fourth-order valence-electron chi connectivity index (χ4n) is 1.74. The van der Waals surface area contributed by atoms with Gasteiger partial charge in [0.1, 0.15) is 0 Å². The van der Waals surface area contributed by atoms with E-state index in [0.717, 1.165) is 6.54 Å². The lowest BCUT2D eigenvalue weighted by Crippen LogP contribution is -2.50. The monoisotopic (exact) mass is 243 g/mol. The number of hydrogen-bond acceptors (Lipinski definition) is 4. The van der Waals surface area contributed by atoms with Crippen LogP contribution >= 0.6 is 0 Å². The molecule has 0 N–H and O–H groups in total. The molecular weight excluding hydrogens is 222 g/mol. The van der Waals surface area contributed by atoms with E-state index < -0.39 is 0 Å². The van der Waals surface area contributed by atoms with Gasteiger partial charge in [0.05, 0.1) is 7.11 Å². The van der Waals surface area contributed by atoms with Gasteiger partial charge in [0.2, 0.25) is 5.91 Å². The Kier molecular flexibility index (Phi) is 5.21. The summed E-state index contributed by atoms with van der Waals surface area (Å²) in [6.07, 6.45) is 0.219. The van der Waals surface area contributed by atoms with Crippen LogP contribution in [-0.2, 0) is 9.53 Å². The van der Waals surface area contributed by atoms with Gasteiger partial charge in [0, 0.05) is 39.1 Å². The van der Waals surface area contributed by atoms with E-state index in [1.807, 2.05) is 23.9 Å². The first-order chi connectivity index (χ1) is 8.04. The molecule has 2 amide bonds. The van der Waals surface area contributed by atoms with Crippen LogP contribution in [-0.4, -0.2) is 80.6 Å². The van der Waals surface area contributed by atoms with Gasteiger partial charge in [-0.25, -0.2) is 4.79 Å². The fourth-order valence-corrected chi connectivity index (χ4v) is 1.74. The maximum absolute atomic E-state index is 11.8. The van der Waals surface area contributed by atoms with Crippen molar-refractivity contribution < 1.29 is 14.3 Å². The molecule has 1 aliphatic rings. The SMILES string of the molecule is COC(=O)N1CCN(C(=O)CCN(C)C)CC1. The molecule has 0 spiro atoms. The average Bonchev–Trinajstić information content (AvgIpc) is 2.35. The summed E-state index contributed by atoms with van der Waals surface area (Å²) in [6.45, 7) is 3.07. The number of hydrogen-bond donors (Lipinski definition) is 0. The maximum Gasteiger partial charge on any atom is 0.409 e. The summed E-state index contributed by atoms with van der Waals surface area (Å²) in [7, 11) is 5.27. The van der Waals surface area contributed by atoms with Crippen molar-refractivity contribution in [3.05, 3.63) is 0 Å². The van der Waals surface area contributed by atoms with Gasteiger partial charge in [0.25, 0.3) is 0 Å². The molecule has 0 aromatic rings. The highest BCUT2D eigenvalue weighted by Crippen LogP contribution is 2.05. The topological polar surface area (TPSA) is 53.1 Å². The second kappa shape index (κ2) is 6.44. The van der Waals surface area contributed by atoms with Gasteiger partial charge < -0.3 is 19.4 Å². The van der Waals surface area contributed by atoms with Crippen molar-refractivity contribution in [3.8, 4) is 0 Å². The normalized spacial score (nSPS) is 16.2. The minimum atomic E-state index is -0.314. The molecule has 0 aliphatic carbocycles. The third kappa shape index (κ3) is 4.22. The van der Waals surface area contributed by atoms with E-state index in [1.54, 1.807) is 4.90 Å². The van der Waals surface area contributed by atoms with Crippen molar-refractivity contribution in [2.24, 2.45) is 0 Å². The number of piperazine rings is 1. The summed E-state index contributed by atoms with van der Waals surface area (Å²) >= 11 is 0. The van der Waals surface area contributed by atoms with Crippen LogP contribution < -0.4 is 0 Å². The molecule has 0 aromatic carbocycles. The van der Waals surface area contributed by atoms with Crippen LogP contribution in [0.3, 0.4) is 0 Å². The van der Waals surface area contributed by atoms with Gasteiger partial charge in [-0.2, -0.15) is 0 Å². The van der Waals surface area contributed by atoms with E-state index in [0.29, 0.717) is 32.6 Å². The Bertz CT molecular complexity index is 273. The summed E-state index contributed by atoms with van der Waals surface area (Å²) in [5.41, 5.74) is 0. The molecular formula is C11H21N3O3. The van der Waals surface area contributed by atoms with E-state index in [9.17, 15) is 9.59 Å². The number of nitrogens with zero attached hydrogens (tertiary/aromatic N) is 3. The van der Waals surface area contributed by atoms with Gasteiger partial charge in [0.15, 0.2) is 0 Å². The number of amides is 2. The van der Waals surface area contributed by atoms with Crippen LogP contribution in [0, 0.1) is 0 Å². The Labute approximate surface area is 102 Å². The Hall–Kier alpha value is -1.30. The highest BCUT2D eigenvalue weighted by molar-refractivity contribution is 5.77. The van der Waals surface area contributed by atoms with E-state index in [-0.39, 0.29) is 12.0 Å². The Balaban J connectivity index is 2.31. The molecule has 1 saturated heterocycles. The Morgan fingerprint density at radius 2 is 1.65 bits per heavy atom. The fraction of sp³-hybridized carbons (Fsp3) is 0.818. The molecule has 0 atom stereocenters. The molecule has 0 unspecified atom stereocenters. The lowest BCUT2D eigenvalue weighted by molar-refractivity contribution is -0.133. The molecule has 0 aromatic heterocycles. The second-order valence-corrected chi connectivity index (χ2v) is 4.39. The van der Waals surface area contributed by atoms with Gasteiger partial charge >= 0.3 is 6.09 Å². The Morgan fingerprint density at radius 1 is 1.12 bits per heavy atom. The summed E-state index contributed by atoms with van der Waals surface area (Å²) < 4.78 is 4.64. The predicted octanol–water partition coefficient (Wildman–Crippen LogP) is -0.151. The second-order valence-electron chi connectivity index (χ2n) is 4.39. The molecule has 6 heteroatoms. The van der Waals surface area contributed by atoms with Gasteiger partial charge in [-0.05, 0) is 14.1 Å². The van der Waals surface area contributed by atoms with Crippen molar-refractivity contribution in [2.45, 2.75) is 6.42 Å². The molecule has 98 valence electrons. The molecule has 6 nitrogen and oxygen atoms in total. The van der Waals surface area contributed by atoms with Crippen LogP contribution in [0.15, 0.2) is 0 Å². The molecule has 1 heterocycles. The Morgan fingerprint density at radius 3 is 2.12 bits per heavy atom. The molecule has 1 fully saturated rings. The van der Waals surface area contributed by atoms with E-state index in [2.05, 4.69) is 4.74 Å². The zero-order chi connectivity index (χ0) is 12.8. The van der Waals surface area contributed by atoms with Crippen LogP contribution in [0.25, 0.3) is 0 Å². The number of ether oxygens (including phenoxy) is 1. The summed E-state index contributed by atoms with van der Waals surface area (Å²) in [5, 5.41) is 0. The van der Waals surface area contributed by atoms with Crippen molar-refractivity contribution in [1.29, 1.82) is 0 Å². The highest BCUT2D eigenvalue weighted by atomic mass is 16.5. The minimum absolute atomic E-state index is 0.156. The summed E-state index contributed by atoms with van der Waals surface area (Å²) in [4.78, 5) is 28.5. The maximum atomic E-state index is 11.8. The van der Waals surface area contributed by atoms with Crippen molar-refractivity contribution >= 4 is 12.0 Å². The largest absolute Gasteiger partial charge is 0.453 e. The first-order valence-electron chi connectivity index (χ1n) is 5.80. The minimum Gasteiger partial charge on any atom is -0.453 e. The molecule has 0 radical (unpaired) electrons. The van der Waals surface area contributed by atoms with Crippen LogP contribution in [0.4, 0.5) is 4.79 Å². The smallest absolute Gasteiger partial charge is 0.409 e. The third-order valence-electron chi connectivity index (χ3n) is 2.84. The number of carbonyl (C=O) groups is 2. The van der Waals surface area contributed by atoms with Crippen molar-refractivity contribution in [3.63, 3.8) is 0 Å². The van der Waals surface area contributed by atoms with E-state index in [1.165, 1.54) is 7.11 Å². The van der Waals surface area contributed by atoms with Crippen molar-refractivity contribution in [2.75, 3.05) is 53.9 Å². The van der Waals surface area contributed by atoms with Crippen LogP contribution in [0.2, 0.25) is 0 Å². The summed E-state index contributed by atoms with van der Waals surface area (Å²) in [5.74, 6) is 0.156. The van der Waals surface area contributed by atoms with Crippen LogP contribution in [0.5, 0.6) is 0 Å². The summed E-state index contributed by atoms with van der Waals surface area (Å²) in [6, 6.07) is 0. The highest BCUT2D eigenvalue weighted by Gasteiger charge is 2.24. The van der Waals surface area contributed by atoms with E-state index >= 15 is 0 Å². The van der Waals surface area contributed by atoms with E-state index in [4.69, 9.17) is 0 Å². The molecule has 1 aliphatic heterocycles. The third-order valence-corrected chi connectivity index (χ3v) is 2.84. The first kappa shape index (κ1) is 13.8. The molecule has 0 bridgehead atoms. The van der Waals surface area contributed by atoms with Gasteiger partial charge in [-0.15, -0.1) is 0 Å². The predicted molar refractivity (Wildman–Crippen MR) is 63.7 cm³/mol. The average molecular weight is 243 g/mol. The van der Waals surface area contributed by atoms with Gasteiger partial charge in [-0.3, -0.25) is 4.79 Å².